The van der Waals surface area contributed by atoms with Gasteiger partial charge in [0.1, 0.15) is 5.54 Å². The first-order chi connectivity index (χ1) is 13.4. The first-order valence-electron chi connectivity index (χ1n) is 10.2. The Labute approximate surface area is 163 Å². The van der Waals surface area contributed by atoms with Gasteiger partial charge in [0.05, 0.1) is 11.8 Å². The molecule has 28 heavy (non-hydrogen) atoms. The summed E-state index contributed by atoms with van der Waals surface area (Å²) in [6, 6.07) is -0.625. The van der Waals surface area contributed by atoms with Crippen LogP contribution in [0.2, 0.25) is 0 Å². The third kappa shape index (κ3) is 3.06. The number of urea groups is 1. The number of hydrogen-bond acceptors (Lipinski definition) is 5. The summed E-state index contributed by atoms with van der Waals surface area (Å²) in [6.45, 7) is -0.0225. The maximum absolute atomic E-state index is 12.7. The number of fused-ring (bicyclic) bond motifs is 1. The van der Waals surface area contributed by atoms with Crippen LogP contribution in [0.25, 0.3) is 0 Å². The van der Waals surface area contributed by atoms with E-state index >= 15 is 0 Å². The second-order valence-electron chi connectivity index (χ2n) is 8.32. The Morgan fingerprint density at radius 1 is 0.964 bits per heavy atom. The maximum Gasteiger partial charge on any atom is 0.344 e. The van der Waals surface area contributed by atoms with Gasteiger partial charge in [0.25, 0.3) is 5.91 Å². The van der Waals surface area contributed by atoms with E-state index in [4.69, 9.17) is 0 Å². The molecule has 2 aliphatic heterocycles. The van der Waals surface area contributed by atoms with Crippen molar-refractivity contribution in [2.45, 2.75) is 69.7 Å². The predicted molar refractivity (Wildman–Crippen MR) is 96.1 cm³/mol. The molecule has 0 radical (unpaired) electrons. The van der Waals surface area contributed by atoms with Gasteiger partial charge in [-0.05, 0) is 25.7 Å². The summed E-state index contributed by atoms with van der Waals surface area (Å²) in [4.78, 5) is 63.3. The van der Waals surface area contributed by atoms with Crippen molar-refractivity contribution >= 4 is 29.7 Å². The van der Waals surface area contributed by atoms with Crippen molar-refractivity contribution in [3.8, 4) is 0 Å². The van der Waals surface area contributed by atoms with E-state index in [0.717, 1.165) is 50.0 Å². The topological polar surface area (TPSA) is 116 Å². The number of rotatable bonds is 4. The molecule has 0 aromatic carbocycles. The zero-order valence-corrected chi connectivity index (χ0v) is 15.9. The highest BCUT2D eigenvalue weighted by atomic mass is 16.2. The van der Waals surface area contributed by atoms with Crippen LogP contribution in [0, 0.1) is 11.8 Å². The second kappa shape index (κ2) is 7.18. The fraction of sp³-hybridized carbons (Fsp3) is 0.737. The Morgan fingerprint density at radius 2 is 1.57 bits per heavy atom. The Morgan fingerprint density at radius 3 is 2.18 bits per heavy atom. The average Bonchev–Trinajstić information content (AvgIpc) is 3.07. The van der Waals surface area contributed by atoms with Crippen molar-refractivity contribution < 1.29 is 24.0 Å². The van der Waals surface area contributed by atoms with Gasteiger partial charge in [0.15, 0.2) is 0 Å². The summed E-state index contributed by atoms with van der Waals surface area (Å²) in [7, 11) is 0. The van der Waals surface area contributed by atoms with Crippen LogP contribution in [0.5, 0.6) is 0 Å². The molecule has 152 valence electrons. The lowest BCUT2D eigenvalue weighted by Crippen LogP contribution is -2.51. The van der Waals surface area contributed by atoms with Crippen LogP contribution in [0.4, 0.5) is 4.79 Å². The van der Waals surface area contributed by atoms with Crippen molar-refractivity contribution in [1.29, 1.82) is 0 Å². The van der Waals surface area contributed by atoms with Crippen molar-refractivity contribution in [2.75, 3.05) is 6.54 Å². The van der Waals surface area contributed by atoms with Crippen LogP contribution < -0.4 is 10.7 Å². The number of hydrazine groups is 1. The zero-order valence-electron chi connectivity index (χ0n) is 15.9. The van der Waals surface area contributed by atoms with Gasteiger partial charge in [-0.15, -0.1) is 0 Å². The minimum absolute atomic E-state index is 0.0225. The maximum atomic E-state index is 12.7. The van der Waals surface area contributed by atoms with E-state index in [9.17, 15) is 24.0 Å². The summed E-state index contributed by atoms with van der Waals surface area (Å²) in [5.41, 5.74) is 1.45. The molecule has 0 bridgehead atoms. The molecule has 2 heterocycles. The molecule has 2 N–H and O–H groups in total. The molecule has 0 aromatic rings. The SMILES string of the molecule is O=C(CCN1C(=O)[C@@H]2CCCC[C@H]2C1=O)NN1C(=O)NC2(CCCCC2)C1=O. The van der Waals surface area contributed by atoms with Crippen LogP contribution in [0.15, 0.2) is 0 Å². The minimum atomic E-state index is -0.904. The summed E-state index contributed by atoms with van der Waals surface area (Å²) >= 11 is 0. The molecule has 9 nitrogen and oxygen atoms in total. The van der Waals surface area contributed by atoms with Crippen LogP contribution in [0.1, 0.15) is 64.2 Å². The fourth-order valence-electron chi connectivity index (χ4n) is 5.06. The number of imide groups is 2. The molecular formula is C19H26N4O5. The van der Waals surface area contributed by atoms with Gasteiger partial charge >= 0.3 is 6.03 Å². The van der Waals surface area contributed by atoms with E-state index in [-0.39, 0.29) is 36.6 Å². The van der Waals surface area contributed by atoms with Gasteiger partial charge in [-0.3, -0.25) is 29.5 Å². The average molecular weight is 390 g/mol. The smallest absolute Gasteiger partial charge is 0.322 e. The quantitative estimate of drug-likeness (QED) is 0.545. The van der Waals surface area contributed by atoms with Crippen LogP contribution >= 0.6 is 0 Å². The monoisotopic (exact) mass is 390 g/mol. The number of carbonyl (C=O) groups is 5. The van der Waals surface area contributed by atoms with E-state index in [1.807, 2.05) is 0 Å². The second-order valence-corrected chi connectivity index (χ2v) is 8.32. The fourth-order valence-corrected chi connectivity index (χ4v) is 5.06. The van der Waals surface area contributed by atoms with Gasteiger partial charge in [-0.2, -0.15) is 5.01 Å². The summed E-state index contributed by atoms with van der Waals surface area (Å²) in [5.74, 6) is -1.88. The molecule has 2 saturated heterocycles. The highest BCUT2D eigenvalue weighted by molar-refractivity contribution is 6.08. The van der Waals surface area contributed by atoms with Gasteiger partial charge in [0.2, 0.25) is 17.7 Å². The molecule has 0 unspecified atom stereocenters. The van der Waals surface area contributed by atoms with Gasteiger partial charge in [-0.25, -0.2) is 4.79 Å². The number of hydrogen-bond donors (Lipinski definition) is 2. The number of carbonyl (C=O) groups excluding carboxylic acids is 5. The molecule has 2 saturated carbocycles. The third-order valence-electron chi connectivity index (χ3n) is 6.60. The lowest BCUT2D eigenvalue weighted by molar-refractivity contribution is -0.142. The molecule has 6 amide bonds. The third-order valence-corrected chi connectivity index (χ3v) is 6.60. The highest BCUT2D eigenvalue weighted by Gasteiger charge is 2.52. The summed E-state index contributed by atoms with van der Waals surface area (Å²) < 4.78 is 0. The lowest BCUT2D eigenvalue weighted by atomic mass is 9.81. The Balaban J connectivity index is 1.33. The molecule has 4 aliphatic rings. The standard InChI is InChI=1S/C19H26N4O5/c24-14(8-11-22-15(25)12-6-2-3-7-13(12)16(22)26)21-23-17(27)19(20-18(23)28)9-4-1-5-10-19/h12-13H,1-11H2,(H,20,28)(H,21,24)/t12-,13-/m1/s1. The molecule has 2 aliphatic carbocycles. The Bertz CT molecular complexity index is 706. The molecule has 9 heteroatoms. The largest absolute Gasteiger partial charge is 0.344 e. The highest BCUT2D eigenvalue weighted by Crippen LogP contribution is 2.38. The Kier molecular flexibility index (Phi) is 4.84. The van der Waals surface area contributed by atoms with E-state index in [2.05, 4.69) is 10.7 Å². The van der Waals surface area contributed by atoms with E-state index < -0.39 is 23.4 Å². The molecular weight excluding hydrogens is 364 g/mol. The molecule has 4 rings (SSSR count). The Hall–Kier alpha value is -2.45. The van der Waals surface area contributed by atoms with Crippen molar-refractivity contribution in [1.82, 2.24) is 20.7 Å². The predicted octanol–water partition coefficient (Wildman–Crippen LogP) is 0.838. The zero-order chi connectivity index (χ0) is 19.9. The molecule has 1 spiro atoms. The molecule has 0 aromatic heterocycles. The number of likely N-dealkylation sites (tertiary alicyclic amines) is 1. The van der Waals surface area contributed by atoms with E-state index in [1.54, 1.807) is 0 Å². The van der Waals surface area contributed by atoms with Crippen molar-refractivity contribution in [2.24, 2.45) is 11.8 Å². The van der Waals surface area contributed by atoms with Crippen LogP contribution in [-0.4, -0.2) is 51.7 Å². The molecule has 2 atom stereocenters. The van der Waals surface area contributed by atoms with Crippen molar-refractivity contribution in [3.05, 3.63) is 0 Å². The van der Waals surface area contributed by atoms with Crippen molar-refractivity contribution in [3.63, 3.8) is 0 Å². The van der Waals surface area contributed by atoms with Gasteiger partial charge in [0, 0.05) is 13.0 Å². The summed E-state index contributed by atoms with van der Waals surface area (Å²) in [6.07, 6.45) is 7.09. The van der Waals surface area contributed by atoms with E-state index in [1.165, 1.54) is 4.90 Å². The number of amides is 6. The first kappa shape index (κ1) is 18.9. The minimum Gasteiger partial charge on any atom is -0.322 e. The first-order valence-corrected chi connectivity index (χ1v) is 10.2. The van der Waals surface area contributed by atoms with E-state index in [0.29, 0.717) is 12.8 Å². The number of nitrogens with zero attached hydrogens (tertiary/aromatic N) is 2. The lowest BCUT2D eigenvalue weighted by Gasteiger charge is -2.30. The van der Waals surface area contributed by atoms with Gasteiger partial charge < -0.3 is 5.32 Å². The number of nitrogens with one attached hydrogen (secondary N) is 2. The van der Waals surface area contributed by atoms with Crippen LogP contribution in [0.3, 0.4) is 0 Å². The summed E-state index contributed by atoms with van der Waals surface area (Å²) in [5, 5.41) is 3.47. The van der Waals surface area contributed by atoms with Crippen LogP contribution in [-0.2, 0) is 19.2 Å². The van der Waals surface area contributed by atoms with Gasteiger partial charge in [-0.1, -0.05) is 32.1 Å². The molecule has 4 fully saturated rings. The normalized spacial score (nSPS) is 29.3.